The van der Waals surface area contributed by atoms with Gasteiger partial charge < -0.3 is 9.47 Å². The van der Waals surface area contributed by atoms with Gasteiger partial charge in [-0.25, -0.2) is 9.59 Å². The first-order valence-corrected chi connectivity index (χ1v) is 12.5. The number of nitrogens with zero attached hydrogens (tertiary/aromatic N) is 2. The Kier molecular flexibility index (Phi) is 9.39. The van der Waals surface area contributed by atoms with Gasteiger partial charge in [0, 0.05) is 13.1 Å². The number of fused-ring (bicyclic) bond motifs is 1. The summed E-state index contributed by atoms with van der Waals surface area (Å²) in [6.45, 7) is 3.13. The van der Waals surface area contributed by atoms with Crippen LogP contribution in [-0.4, -0.2) is 37.3 Å². The molecule has 0 fully saturated rings. The Morgan fingerprint density at radius 2 is 1.44 bits per heavy atom. The zero-order chi connectivity index (χ0) is 29.0. The number of hydrogen-bond donors (Lipinski definition) is 0. The summed E-state index contributed by atoms with van der Waals surface area (Å²) < 4.78 is 90.4. The Bertz CT molecular complexity index is 1160. The Morgan fingerprint density at radius 1 is 0.846 bits per heavy atom. The first kappa shape index (κ1) is 30.1. The van der Waals surface area contributed by atoms with Crippen molar-refractivity contribution in [1.82, 2.24) is 4.90 Å². The Morgan fingerprint density at radius 3 is 1.95 bits per heavy atom. The Hall–Kier alpha value is -3.44. The number of amides is 2. The number of rotatable bonds is 8. The maximum atomic E-state index is 13.4. The third-order valence-corrected chi connectivity index (χ3v) is 6.33. The first-order chi connectivity index (χ1) is 18.3. The standard InChI is InChI=1S/C27H30F6N2O4/c1-4-9-35(25(37)39-5-2)23-13-19-8-6-7-18(19)12-20(23)16-34(24(36)38-3)15-17-10-21(26(28,29)30)14-22(11-17)27(31,32)33/h10-14H,4-9,15-16H2,1-3H3. The summed E-state index contributed by atoms with van der Waals surface area (Å²) in [5.41, 5.74) is -0.358. The van der Waals surface area contributed by atoms with Crippen LogP contribution in [0.25, 0.3) is 0 Å². The third kappa shape index (κ3) is 7.36. The second kappa shape index (κ2) is 12.2. The molecule has 214 valence electrons. The molecule has 0 unspecified atom stereocenters. The number of alkyl halides is 6. The molecule has 6 nitrogen and oxygen atoms in total. The molecule has 0 heterocycles. The number of hydrogen-bond acceptors (Lipinski definition) is 4. The van der Waals surface area contributed by atoms with Gasteiger partial charge in [0.05, 0.1) is 37.1 Å². The van der Waals surface area contributed by atoms with Gasteiger partial charge in [0.15, 0.2) is 0 Å². The van der Waals surface area contributed by atoms with E-state index in [1.54, 1.807) is 6.92 Å². The zero-order valence-corrected chi connectivity index (χ0v) is 21.8. The minimum absolute atomic E-state index is 0.0343. The molecule has 0 N–H and O–H groups in total. The average molecular weight is 561 g/mol. The summed E-state index contributed by atoms with van der Waals surface area (Å²) in [6.07, 6.45) is -8.59. The monoisotopic (exact) mass is 560 g/mol. The number of halogens is 6. The highest BCUT2D eigenvalue weighted by molar-refractivity contribution is 5.89. The van der Waals surface area contributed by atoms with Crippen molar-refractivity contribution in [1.29, 1.82) is 0 Å². The third-order valence-electron chi connectivity index (χ3n) is 6.33. The van der Waals surface area contributed by atoms with Gasteiger partial charge in [-0.3, -0.25) is 9.80 Å². The lowest BCUT2D eigenvalue weighted by molar-refractivity contribution is -0.143. The van der Waals surface area contributed by atoms with Crippen LogP contribution in [0.1, 0.15) is 60.1 Å². The fraction of sp³-hybridized carbons (Fsp3) is 0.481. The van der Waals surface area contributed by atoms with Crippen LogP contribution in [0.2, 0.25) is 0 Å². The van der Waals surface area contributed by atoms with E-state index in [4.69, 9.17) is 9.47 Å². The maximum absolute atomic E-state index is 13.4. The fourth-order valence-electron chi connectivity index (χ4n) is 4.63. The molecule has 12 heteroatoms. The van der Waals surface area contributed by atoms with Gasteiger partial charge in [-0.2, -0.15) is 26.3 Å². The first-order valence-electron chi connectivity index (χ1n) is 12.5. The topological polar surface area (TPSA) is 59.1 Å². The van der Waals surface area contributed by atoms with E-state index in [0.717, 1.165) is 42.4 Å². The zero-order valence-electron chi connectivity index (χ0n) is 21.8. The number of ether oxygens (including phenoxy) is 2. The molecule has 3 rings (SSSR count). The minimum atomic E-state index is -5.03. The number of carbonyl (C=O) groups is 2. The average Bonchev–Trinajstić information content (AvgIpc) is 3.32. The van der Waals surface area contributed by atoms with Crippen molar-refractivity contribution in [3.8, 4) is 0 Å². The number of carbonyl (C=O) groups excluding carboxylic acids is 2. The Labute approximate surface area is 222 Å². The molecule has 0 saturated heterocycles. The van der Waals surface area contributed by atoms with E-state index in [2.05, 4.69) is 0 Å². The predicted molar refractivity (Wildman–Crippen MR) is 131 cm³/mol. The van der Waals surface area contributed by atoms with Crippen molar-refractivity contribution in [3.05, 3.63) is 63.7 Å². The van der Waals surface area contributed by atoms with Gasteiger partial charge in [0.25, 0.3) is 0 Å². The lowest BCUT2D eigenvalue weighted by Gasteiger charge is -2.28. The van der Waals surface area contributed by atoms with E-state index < -0.39 is 42.2 Å². The molecule has 1 aliphatic carbocycles. The second-order valence-electron chi connectivity index (χ2n) is 9.19. The van der Waals surface area contributed by atoms with E-state index in [1.165, 1.54) is 4.90 Å². The molecule has 39 heavy (non-hydrogen) atoms. The van der Waals surface area contributed by atoms with E-state index in [1.807, 2.05) is 19.1 Å². The number of aryl methyl sites for hydroxylation is 2. The smallest absolute Gasteiger partial charge is 0.416 e. The normalized spacial score (nSPS) is 13.2. The quantitative estimate of drug-likeness (QED) is 0.317. The van der Waals surface area contributed by atoms with Gasteiger partial charge >= 0.3 is 24.5 Å². The summed E-state index contributed by atoms with van der Waals surface area (Å²) in [5.74, 6) is 0. The summed E-state index contributed by atoms with van der Waals surface area (Å²) in [6, 6.07) is 4.86. The molecule has 2 aromatic rings. The van der Waals surface area contributed by atoms with Crippen LogP contribution in [0.3, 0.4) is 0 Å². The van der Waals surface area contributed by atoms with Crippen molar-refractivity contribution in [2.24, 2.45) is 0 Å². The summed E-state index contributed by atoms with van der Waals surface area (Å²) in [4.78, 5) is 28.0. The molecule has 0 aliphatic heterocycles. The highest BCUT2D eigenvalue weighted by atomic mass is 19.4. The highest BCUT2D eigenvalue weighted by Gasteiger charge is 2.37. The van der Waals surface area contributed by atoms with Crippen molar-refractivity contribution in [2.45, 2.75) is 65.0 Å². The number of anilines is 1. The number of methoxy groups -OCH3 is 1. The lowest BCUT2D eigenvalue weighted by atomic mass is 10.0. The van der Waals surface area contributed by atoms with E-state index >= 15 is 0 Å². The molecule has 0 radical (unpaired) electrons. The van der Waals surface area contributed by atoms with Gasteiger partial charge in [-0.1, -0.05) is 13.0 Å². The highest BCUT2D eigenvalue weighted by Crippen LogP contribution is 2.37. The molecule has 1 aliphatic rings. The van der Waals surface area contributed by atoms with Crippen LogP contribution in [0.5, 0.6) is 0 Å². The second-order valence-corrected chi connectivity index (χ2v) is 9.19. The van der Waals surface area contributed by atoms with Crippen LogP contribution in [-0.2, 0) is 47.8 Å². The van der Waals surface area contributed by atoms with Crippen LogP contribution in [0.15, 0.2) is 30.3 Å². The molecular formula is C27H30F6N2O4. The minimum Gasteiger partial charge on any atom is -0.453 e. The van der Waals surface area contributed by atoms with Crippen molar-refractivity contribution in [3.63, 3.8) is 0 Å². The predicted octanol–water partition coefficient (Wildman–Crippen LogP) is 7.35. The maximum Gasteiger partial charge on any atom is 0.416 e. The molecule has 0 aromatic heterocycles. The molecular weight excluding hydrogens is 530 g/mol. The lowest BCUT2D eigenvalue weighted by Crippen LogP contribution is -2.35. The van der Waals surface area contributed by atoms with Gasteiger partial charge in [-0.15, -0.1) is 0 Å². The van der Waals surface area contributed by atoms with Crippen LogP contribution in [0.4, 0.5) is 41.6 Å². The van der Waals surface area contributed by atoms with Gasteiger partial charge in [0.1, 0.15) is 0 Å². The van der Waals surface area contributed by atoms with Crippen LogP contribution < -0.4 is 4.90 Å². The molecule has 0 saturated carbocycles. The Balaban J connectivity index is 2.07. The summed E-state index contributed by atoms with van der Waals surface area (Å²) in [7, 11) is 1.06. The van der Waals surface area contributed by atoms with Gasteiger partial charge in [0.2, 0.25) is 0 Å². The summed E-state index contributed by atoms with van der Waals surface area (Å²) in [5, 5.41) is 0. The van der Waals surface area contributed by atoms with E-state index in [9.17, 15) is 35.9 Å². The van der Waals surface area contributed by atoms with Gasteiger partial charge in [-0.05, 0) is 79.1 Å². The van der Waals surface area contributed by atoms with E-state index in [-0.39, 0.29) is 24.8 Å². The molecule has 0 bridgehead atoms. The van der Waals surface area contributed by atoms with Crippen molar-refractivity contribution >= 4 is 17.9 Å². The molecule has 0 spiro atoms. The van der Waals surface area contributed by atoms with Crippen LogP contribution >= 0.6 is 0 Å². The molecule has 2 aromatic carbocycles. The van der Waals surface area contributed by atoms with Crippen LogP contribution in [0, 0.1) is 0 Å². The van der Waals surface area contributed by atoms with Crippen molar-refractivity contribution in [2.75, 3.05) is 25.2 Å². The van der Waals surface area contributed by atoms with E-state index in [0.29, 0.717) is 36.3 Å². The summed E-state index contributed by atoms with van der Waals surface area (Å²) >= 11 is 0. The van der Waals surface area contributed by atoms with Crippen molar-refractivity contribution < 1.29 is 45.4 Å². The number of benzene rings is 2. The SMILES string of the molecule is CCCN(C(=O)OCC)c1cc2c(cc1CN(Cc1cc(C(F)(F)F)cc(C(F)(F)F)c1)C(=O)OC)CCC2. The molecule has 0 atom stereocenters. The molecule has 2 amide bonds. The largest absolute Gasteiger partial charge is 0.453 e. The fourth-order valence-corrected chi connectivity index (χ4v) is 4.63.